The summed E-state index contributed by atoms with van der Waals surface area (Å²) < 4.78 is 40.5. The molecule has 4 heterocycles. The molecule has 1 saturated carbocycles. The van der Waals surface area contributed by atoms with E-state index in [1.54, 1.807) is 35.7 Å². The van der Waals surface area contributed by atoms with Gasteiger partial charge in [-0.3, -0.25) is 4.98 Å². The van der Waals surface area contributed by atoms with Crippen LogP contribution in [0.1, 0.15) is 60.7 Å². The van der Waals surface area contributed by atoms with Crippen LogP contribution >= 0.6 is 11.3 Å². The van der Waals surface area contributed by atoms with E-state index in [0.29, 0.717) is 17.2 Å². The summed E-state index contributed by atoms with van der Waals surface area (Å²) in [5, 5.41) is 2.32. The summed E-state index contributed by atoms with van der Waals surface area (Å²) in [7, 11) is 0. The number of thiophene rings is 1. The monoisotopic (exact) mass is 723 g/mol. The summed E-state index contributed by atoms with van der Waals surface area (Å²) in [6.07, 6.45) is 12.5. The van der Waals surface area contributed by atoms with Gasteiger partial charge in [0.15, 0.2) is 0 Å². The van der Waals surface area contributed by atoms with E-state index in [0.717, 1.165) is 38.0 Å². The minimum Gasteiger partial charge on any atom is -0.305 e. The number of nitrogens with zero attached hydrogens (tertiary/aromatic N) is 3. The van der Waals surface area contributed by atoms with Gasteiger partial charge in [0.25, 0.3) is 0 Å². The minimum absolute atomic E-state index is 0. The molecular formula is C35H31IrN3S-2. The molecule has 0 saturated heterocycles. The van der Waals surface area contributed by atoms with Gasteiger partial charge in [0.2, 0.25) is 0 Å². The van der Waals surface area contributed by atoms with Gasteiger partial charge in [-0.05, 0) is 71.3 Å². The fourth-order valence-corrected chi connectivity index (χ4v) is 6.51. The molecule has 4 aromatic heterocycles. The van der Waals surface area contributed by atoms with E-state index >= 15 is 0 Å². The van der Waals surface area contributed by atoms with Gasteiger partial charge in [-0.1, -0.05) is 48.8 Å². The zero-order valence-corrected chi connectivity index (χ0v) is 25.6. The zero-order chi connectivity index (χ0) is 31.0. The third-order valence-electron chi connectivity index (χ3n) is 7.41. The molecule has 1 fully saturated rings. The van der Waals surface area contributed by atoms with Gasteiger partial charge < -0.3 is 9.97 Å². The van der Waals surface area contributed by atoms with E-state index in [2.05, 4.69) is 33.2 Å². The molecule has 3 nitrogen and oxygen atoms in total. The zero-order valence-electron chi connectivity index (χ0n) is 27.3. The molecule has 0 aliphatic heterocycles. The maximum atomic E-state index is 8.24. The maximum Gasteiger partial charge on any atom is 0.0616 e. The molecule has 0 atom stereocenters. The molecule has 0 N–H and O–H groups in total. The van der Waals surface area contributed by atoms with Crippen LogP contribution in [0.15, 0.2) is 79.3 Å². The van der Waals surface area contributed by atoms with Crippen LogP contribution in [-0.4, -0.2) is 15.0 Å². The van der Waals surface area contributed by atoms with Crippen LogP contribution in [0.5, 0.6) is 0 Å². The number of fused-ring (bicyclic) bond motifs is 3. The molecule has 0 unspecified atom stereocenters. The van der Waals surface area contributed by atoms with E-state index in [1.807, 2.05) is 44.6 Å². The molecule has 0 bridgehead atoms. The van der Waals surface area contributed by atoms with Gasteiger partial charge in [-0.15, -0.1) is 59.2 Å². The van der Waals surface area contributed by atoms with Gasteiger partial charge in [0.1, 0.15) is 0 Å². The predicted molar refractivity (Wildman–Crippen MR) is 163 cm³/mol. The Labute approximate surface area is 261 Å². The Morgan fingerprint density at radius 3 is 2.60 bits per heavy atom. The Morgan fingerprint density at radius 1 is 0.950 bits per heavy atom. The summed E-state index contributed by atoms with van der Waals surface area (Å²) in [4.78, 5) is 13.2. The quantitative estimate of drug-likeness (QED) is 0.171. The SMILES string of the molecule is [2H]C([2H])([2H])c1c[c-]c(-c2cc(C)c(C)cn2)cc1.[2H]c1ccnc(-c2[c-]ccc3c2sc2c(C4CCCC4)cncc23)c1[2H].[Ir]. The molecule has 0 spiro atoms. The molecular weight excluding hydrogens is 687 g/mol. The van der Waals surface area contributed by atoms with Crippen molar-refractivity contribution in [3.8, 4) is 22.5 Å². The summed E-state index contributed by atoms with van der Waals surface area (Å²) >= 11 is 1.76. The molecule has 1 aliphatic rings. The van der Waals surface area contributed by atoms with Gasteiger partial charge in [-0.2, -0.15) is 11.3 Å². The number of rotatable bonds is 3. The van der Waals surface area contributed by atoms with Gasteiger partial charge in [0, 0.05) is 53.7 Å². The van der Waals surface area contributed by atoms with E-state index in [1.165, 1.54) is 47.4 Å². The van der Waals surface area contributed by atoms with Crippen molar-refractivity contribution in [2.45, 2.75) is 52.3 Å². The van der Waals surface area contributed by atoms with E-state index < -0.39 is 6.85 Å². The summed E-state index contributed by atoms with van der Waals surface area (Å²) in [5.74, 6) is 0.605. The number of aromatic nitrogens is 3. The van der Waals surface area contributed by atoms with Crippen LogP contribution in [0.3, 0.4) is 0 Å². The third kappa shape index (κ3) is 5.78. The second kappa shape index (κ2) is 12.5. The molecule has 1 radical (unpaired) electrons. The van der Waals surface area contributed by atoms with Crippen molar-refractivity contribution in [1.29, 1.82) is 0 Å². The van der Waals surface area contributed by atoms with Crippen LogP contribution in [0.2, 0.25) is 0 Å². The number of aryl methyl sites for hydroxylation is 3. The number of benzene rings is 2. The van der Waals surface area contributed by atoms with E-state index in [4.69, 9.17) is 6.85 Å². The normalized spacial score (nSPS) is 15.3. The standard InChI is InChI=1S/C21H17N2S.C14H14N.Ir/c1-2-7-14(6-1)17-12-22-13-18-15-8-5-9-16(20(15)24-21(17)18)19-10-3-4-11-23-19;1-10-4-6-13(7-5-10)14-8-11(2)12(3)9-15-14;/h3-5,8,10-14H,1-2,6-7H2;4-6,8-9H,1-3H3;/q2*-1;/i3D,10D;1D3;. The van der Waals surface area contributed by atoms with Crippen LogP contribution in [-0.2, 0) is 20.1 Å². The molecule has 5 heteroatoms. The van der Waals surface area contributed by atoms with Crippen molar-refractivity contribution in [1.82, 2.24) is 15.0 Å². The topological polar surface area (TPSA) is 38.7 Å². The first-order chi connectivity index (χ1) is 21.1. The maximum absolute atomic E-state index is 8.24. The average Bonchev–Trinajstić information content (AvgIpc) is 3.69. The second-order valence-electron chi connectivity index (χ2n) is 9.99. The predicted octanol–water partition coefficient (Wildman–Crippen LogP) is 9.44. The van der Waals surface area contributed by atoms with Crippen LogP contribution in [0, 0.1) is 32.8 Å². The Morgan fingerprint density at radius 2 is 1.82 bits per heavy atom. The molecule has 40 heavy (non-hydrogen) atoms. The first kappa shape index (κ1) is 22.4. The average molecular weight is 723 g/mol. The van der Waals surface area contributed by atoms with E-state index in [-0.39, 0.29) is 32.2 Å². The summed E-state index contributed by atoms with van der Waals surface area (Å²) in [5.41, 5.74) is 6.94. The Balaban J connectivity index is 0.000000186. The Kier molecular flexibility index (Phi) is 7.02. The number of hydrogen-bond donors (Lipinski definition) is 0. The Bertz CT molecular complexity index is 1970. The van der Waals surface area contributed by atoms with Crippen molar-refractivity contribution in [3.63, 3.8) is 0 Å². The number of hydrogen-bond acceptors (Lipinski definition) is 4. The van der Waals surface area contributed by atoms with Crippen molar-refractivity contribution in [2.24, 2.45) is 0 Å². The molecule has 7 rings (SSSR count). The van der Waals surface area contributed by atoms with E-state index in [9.17, 15) is 0 Å². The van der Waals surface area contributed by atoms with Crippen molar-refractivity contribution in [3.05, 3.63) is 114 Å². The molecule has 6 aromatic rings. The summed E-state index contributed by atoms with van der Waals surface area (Å²) in [6, 6.07) is 19.0. The van der Waals surface area contributed by atoms with Crippen LogP contribution < -0.4 is 0 Å². The smallest absolute Gasteiger partial charge is 0.0616 e. The first-order valence-electron chi connectivity index (χ1n) is 15.7. The Hall–Kier alpha value is -3.24. The molecule has 2 aromatic carbocycles. The van der Waals surface area contributed by atoms with Gasteiger partial charge >= 0.3 is 0 Å². The minimum atomic E-state index is -2.08. The van der Waals surface area contributed by atoms with Crippen molar-refractivity contribution in [2.75, 3.05) is 0 Å². The molecule has 0 amide bonds. The van der Waals surface area contributed by atoms with Crippen LogP contribution in [0.4, 0.5) is 0 Å². The van der Waals surface area contributed by atoms with Gasteiger partial charge in [0.05, 0.1) is 2.74 Å². The van der Waals surface area contributed by atoms with Crippen LogP contribution in [0.25, 0.3) is 42.7 Å². The van der Waals surface area contributed by atoms with Crippen molar-refractivity contribution < 1.29 is 27.0 Å². The first-order valence-corrected chi connectivity index (χ1v) is 14.0. The largest absolute Gasteiger partial charge is 0.305 e. The second-order valence-corrected chi connectivity index (χ2v) is 11.0. The summed E-state index contributed by atoms with van der Waals surface area (Å²) in [6.45, 7) is 1.95. The van der Waals surface area contributed by atoms with Crippen molar-refractivity contribution >= 4 is 31.5 Å². The van der Waals surface area contributed by atoms with Gasteiger partial charge in [-0.25, -0.2) is 0 Å². The number of pyridine rings is 3. The fraction of sp³-hybridized carbons (Fsp3) is 0.229. The fourth-order valence-electron chi connectivity index (χ4n) is 5.15. The third-order valence-corrected chi connectivity index (χ3v) is 8.70. The molecule has 1 aliphatic carbocycles. The molecule has 203 valence electrons.